The zero-order chi connectivity index (χ0) is 14.8. The molecule has 0 saturated carbocycles. The van der Waals surface area contributed by atoms with Crippen molar-refractivity contribution >= 4 is 21.4 Å². The van der Waals surface area contributed by atoms with Gasteiger partial charge in [-0.1, -0.05) is 39.0 Å². The molecular formula is C17H25NOS. The number of benzene rings is 1. The fourth-order valence-electron chi connectivity index (χ4n) is 2.41. The largest absolute Gasteiger partial charge is 0.392 e. The van der Waals surface area contributed by atoms with Crippen molar-refractivity contribution in [3.63, 3.8) is 0 Å². The molecule has 2 N–H and O–H groups in total. The van der Waals surface area contributed by atoms with Crippen molar-refractivity contribution < 1.29 is 5.11 Å². The highest BCUT2D eigenvalue weighted by Crippen LogP contribution is 2.29. The Kier molecular flexibility index (Phi) is 4.84. The van der Waals surface area contributed by atoms with E-state index in [2.05, 4.69) is 63.3 Å². The second-order valence-corrected chi connectivity index (χ2v) is 7.85. The third kappa shape index (κ3) is 4.30. The Morgan fingerprint density at radius 1 is 1.25 bits per heavy atom. The average Bonchev–Trinajstić information content (AvgIpc) is 2.77. The van der Waals surface area contributed by atoms with Crippen molar-refractivity contribution in [3.05, 3.63) is 35.2 Å². The van der Waals surface area contributed by atoms with E-state index in [9.17, 15) is 5.11 Å². The molecule has 110 valence electrons. The highest BCUT2D eigenvalue weighted by Gasteiger charge is 2.17. The van der Waals surface area contributed by atoms with Gasteiger partial charge in [0.05, 0.1) is 6.10 Å². The molecule has 0 spiro atoms. The monoisotopic (exact) mass is 291 g/mol. The Labute approximate surface area is 125 Å². The van der Waals surface area contributed by atoms with Crippen LogP contribution in [-0.2, 0) is 0 Å². The van der Waals surface area contributed by atoms with Gasteiger partial charge in [-0.25, -0.2) is 0 Å². The predicted molar refractivity (Wildman–Crippen MR) is 88.3 cm³/mol. The van der Waals surface area contributed by atoms with Crippen LogP contribution in [-0.4, -0.2) is 17.8 Å². The Balaban J connectivity index is 1.93. The van der Waals surface area contributed by atoms with Gasteiger partial charge in [-0.2, -0.15) is 0 Å². The SMILES string of the molecule is CC(NCC(O)CC(C)(C)C)c1cc2ccccc2s1. The van der Waals surface area contributed by atoms with Crippen LogP contribution < -0.4 is 5.32 Å². The van der Waals surface area contributed by atoms with Crippen molar-refractivity contribution in [2.24, 2.45) is 5.41 Å². The Bertz CT molecular complexity index is 522. The van der Waals surface area contributed by atoms with Crippen molar-refractivity contribution in [2.75, 3.05) is 6.54 Å². The lowest BCUT2D eigenvalue weighted by Crippen LogP contribution is -2.31. The molecule has 0 radical (unpaired) electrons. The quantitative estimate of drug-likeness (QED) is 0.858. The summed E-state index contributed by atoms with van der Waals surface area (Å²) in [6, 6.07) is 11.0. The van der Waals surface area contributed by atoms with Crippen LogP contribution in [0.3, 0.4) is 0 Å². The minimum absolute atomic E-state index is 0.169. The van der Waals surface area contributed by atoms with Crippen LogP contribution in [0.25, 0.3) is 10.1 Å². The molecule has 0 aliphatic rings. The number of thiophene rings is 1. The summed E-state index contributed by atoms with van der Waals surface area (Å²) in [5.74, 6) is 0. The zero-order valence-corrected chi connectivity index (χ0v) is 13.6. The van der Waals surface area contributed by atoms with E-state index in [1.54, 1.807) is 0 Å². The third-order valence-electron chi connectivity index (χ3n) is 3.38. The van der Waals surface area contributed by atoms with Crippen LogP contribution in [0.1, 0.15) is 45.0 Å². The van der Waals surface area contributed by atoms with Gasteiger partial charge in [-0.15, -0.1) is 11.3 Å². The van der Waals surface area contributed by atoms with Gasteiger partial charge in [0.2, 0.25) is 0 Å². The number of aliphatic hydroxyl groups excluding tert-OH is 1. The smallest absolute Gasteiger partial charge is 0.0669 e. The second kappa shape index (κ2) is 6.25. The van der Waals surface area contributed by atoms with Crippen LogP contribution in [0.15, 0.2) is 30.3 Å². The molecule has 0 saturated heterocycles. The number of rotatable bonds is 5. The summed E-state index contributed by atoms with van der Waals surface area (Å²) in [6.45, 7) is 9.28. The first-order valence-corrected chi connectivity index (χ1v) is 8.07. The molecule has 2 unspecified atom stereocenters. The summed E-state index contributed by atoms with van der Waals surface area (Å²) in [6.07, 6.45) is 0.533. The zero-order valence-electron chi connectivity index (χ0n) is 12.8. The van der Waals surface area contributed by atoms with Crippen molar-refractivity contribution in [1.82, 2.24) is 5.32 Å². The maximum Gasteiger partial charge on any atom is 0.0669 e. The number of hydrogen-bond acceptors (Lipinski definition) is 3. The third-order valence-corrected chi connectivity index (χ3v) is 4.68. The maximum atomic E-state index is 10.1. The molecule has 1 heterocycles. The molecule has 2 aromatic rings. The molecule has 3 heteroatoms. The van der Waals surface area contributed by atoms with Gasteiger partial charge < -0.3 is 10.4 Å². The molecule has 0 aliphatic heterocycles. The van der Waals surface area contributed by atoms with Gasteiger partial charge in [0.1, 0.15) is 0 Å². The minimum Gasteiger partial charge on any atom is -0.392 e. The topological polar surface area (TPSA) is 32.3 Å². The van der Waals surface area contributed by atoms with Gasteiger partial charge in [0.25, 0.3) is 0 Å². The van der Waals surface area contributed by atoms with E-state index in [0.717, 1.165) is 6.42 Å². The Morgan fingerprint density at radius 3 is 2.60 bits per heavy atom. The second-order valence-electron chi connectivity index (χ2n) is 6.74. The summed E-state index contributed by atoms with van der Waals surface area (Å²) in [5, 5.41) is 14.8. The molecule has 2 nitrogen and oxygen atoms in total. The van der Waals surface area contributed by atoms with Gasteiger partial charge in [0.15, 0.2) is 0 Å². The lowest BCUT2D eigenvalue weighted by molar-refractivity contribution is 0.117. The lowest BCUT2D eigenvalue weighted by atomic mass is 9.89. The molecule has 2 rings (SSSR count). The predicted octanol–water partition coefficient (Wildman–Crippen LogP) is 4.35. The van der Waals surface area contributed by atoms with Gasteiger partial charge in [0, 0.05) is 22.2 Å². The molecule has 1 aromatic heterocycles. The average molecular weight is 291 g/mol. The number of aliphatic hydroxyl groups is 1. The Morgan fingerprint density at radius 2 is 1.95 bits per heavy atom. The van der Waals surface area contributed by atoms with Crippen molar-refractivity contribution in [2.45, 2.75) is 46.3 Å². The first-order chi connectivity index (χ1) is 9.35. The molecule has 0 aliphatic carbocycles. The van der Waals surface area contributed by atoms with Gasteiger partial charge >= 0.3 is 0 Å². The molecule has 0 bridgehead atoms. The fourth-order valence-corrected chi connectivity index (χ4v) is 3.50. The van der Waals surface area contributed by atoms with E-state index in [4.69, 9.17) is 0 Å². The van der Waals surface area contributed by atoms with Crippen LogP contribution in [0, 0.1) is 5.41 Å². The maximum absolute atomic E-state index is 10.1. The summed E-state index contributed by atoms with van der Waals surface area (Å²) < 4.78 is 1.33. The molecule has 1 aromatic carbocycles. The molecular weight excluding hydrogens is 266 g/mol. The van der Waals surface area contributed by atoms with Crippen LogP contribution in [0.5, 0.6) is 0 Å². The molecule has 20 heavy (non-hydrogen) atoms. The lowest BCUT2D eigenvalue weighted by Gasteiger charge is -2.23. The summed E-state index contributed by atoms with van der Waals surface area (Å²) in [5.41, 5.74) is 0.169. The molecule has 0 amide bonds. The van der Waals surface area contributed by atoms with E-state index in [-0.39, 0.29) is 17.6 Å². The normalized spacial score (nSPS) is 15.4. The van der Waals surface area contributed by atoms with Crippen LogP contribution >= 0.6 is 11.3 Å². The number of nitrogens with one attached hydrogen (secondary N) is 1. The standard InChI is InChI=1S/C17H25NOS/c1-12(18-11-14(19)10-17(2,3)4)16-9-13-7-5-6-8-15(13)20-16/h5-9,12,14,18-19H,10-11H2,1-4H3. The van der Waals surface area contributed by atoms with Crippen molar-refractivity contribution in [1.29, 1.82) is 0 Å². The fraction of sp³-hybridized carbons (Fsp3) is 0.529. The van der Waals surface area contributed by atoms with E-state index in [1.807, 2.05) is 11.3 Å². The minimum atomic E-state index is -0.285. The first kappa shape index (κ1) is 15.5. The van der Waals surface area contributed by atoms with E-state index < -0.39 is 0 Å². The Hall–Kier alpha value is -0.900. The van der Waals surface area contributed by atoms with E-state index >= 15 is 0 Å². The van der Waals surface area contributed by atoms with Crippen molar-refractivity contribution in [3.8, 4) is 0 Å². The number of hydrogen-bond donors (Lipinski definition) is 2. The van der Waals surface area contributed by atoms with Crippen LogP contribution in [0.4, 0.5) is 0 Å². The first-order valence-electron chi connectivity index (χ1n) is 7.25. The highest BCUT2D eigenvalue weighted by molar-refractivity contribution is 7.19. The summed E-state index contributed by atoms with van der Waals surface area (Å²) in [7, 11) is 0. The molecule has 2 atom stereocenters. The summed E-state index contributed by atoms with van der Waals surface area (Å²) >= 11 is 1.83. The number of fused-ring (bicyclic) bond motifs is 1. The van der Waals surface area contributed by atoms with Crippen LogP contribution in [0.2, 0.25) is 0 Å². The van der Waals surface area contributed by atoms with Gasteiger partial charge in [-0.05, 0) is 36.3 Å². The van der Waals surface area contributed by atoms with Gasteiger partial charge in [-0.3, -0.25) is 0 Å². The molecule has 0 fully saturated rings. The summed E-state index contributed by atoms with van der Waals surface area (Å²) in [4.78, 5) is 1.33. The van der Waals surface area contributed by atoms with E-state index in [1.165, 1.54) is 15.0 Å². The highest BCUT2D eigenvalue weighted by atomic mass is 32.1. The van der Waals surface area contributed by atoms with E-state index in [0.29, 0.717) is 6.54 Å².